The number of rotatable bonds is 0. The number of nitrogens with zero attached hydrogens (tertiary/aromatic N) is 2. The summed E-state index contributed by atoms with van der Waals surface area (Å²) in [5.74, 6) is 0. The van der Waals surface area contributed by atoms with Gasteiger partial charge in [0, 0.05) is 14.1 Å². The Morgan fingerprint density at radius 2 is 1.25 bits per heavy atom. The first-order valence-corrected chi connectivity index (χ1v) is 6.26. The molecule has 88 valence electrons. The highest BCUT2D eigenvalue weighted by molar-refractivity contribution is 5.76. The largest absolute Gasteiger partial charge is 0.353 e. The van der Waals surface area contributed by atoms with Gasteiger partial charge in [-0.3, -0.25) is 0 Å². The minimum atomic E-state index is 0.474. The van der Waals surface area contributed by atoms with Crippen LogP contribution in [0.25, 0.3) is 0 Å². The molecule has 0 amide bonds. The van der Waals surface area contributed by atoms with Crippen LogP contribution in [-0.4, -0.2) is 20.3 Å². The number of anilines is 2. The van der Waals surface area contributed by atoms with Crippen LogP contribution in [0.15, 0.2) is 24.3 Å². The number of para-hydroxylation sites is 2. The molecule has 0 spiro atoms. The molecule has 0 unspecified atom stereocenters. The average molecular weight is 218 g/mol. The molecule has 1 aliphatic heterocycles. The van der Waals surface area contributed by atoms with E-state index in [1.54, 1.807) is 0 Å². The molecule has 2 aliphatic rings. The summed E-state index contributed by atoms with van der Waals surface area (Å²) in [7, 11) is 4.26. The summed E-state index contributed by atoms with van der Waals surface area (Å²) in [4.78, 5) is 4.57. The Balaban J connectivity index is 0.000000203. The maximum absolute atomic E-state index is 2.29. The third-order valence-corrected chi connectivity index (χ3v) is 3.76. The lowest BCUT2D eigenvalue weighted by Crippen LogP contribution is -2.35. The van der Waals surface area contributed by atoms with Gasteiger partial charge in [0.2, 0.25) is 0 Å². The first kappa shape index (κ1) is 11.3. The Hall–Kier alpha value is -1.18. The zero-order chi connectivity index (χ0) is 11.5. The van der Waals surface area contributed by atoms with Gasteiger partial charge in [0.15, 0.2) is 0 Å². The Morgan fingerprint density at radius 3 is 1.56 bits per heavy atom. The molecule has 1 aromatic carbocycles. The van der Waals surface area contributed by atoms with Crippen LogP contribution in [0.3, 0.4) is 0 Å². The summed E-state index contributed by atoms with van der Waals surface area (Å²) in [6, 6.07) is 8.49. The van der Waals surface area contributed by atoms with Gasteiger partial charge < -0.3 is 9.80 Å². The van der Waals surface area contributed by atoms with E-state index in [1.165, 1.54) is 37.1 Å². The third-order valence-electron chi connectivity index (χ3n) is 3.76. The standard InChI is InChI=1S/C10H14N2.C4H8/c1-8-11(2)9-6-4-5-7-10(9)12(8)3;1-2-4-3-1/h4-8H,1-3H3;1-4H2. The van der Waals surface area contributed by atoms with E-state index in [-0.39, 0.29) is 0 Å². The van der Waals surface area contributed by atoms with Gasteiger partial charge in [-0.05, 0) is 19.1 Å². The lowest BCUT2D eigenvalue weighted by atomic mass is 10.0. The second-order valence-corrected chi connectivity index (χ2v) is 4.76. The molecule has 0 atom stereocenters. The van der Waals surface area contributed by atoms with Gasteiger partial charge in [-0.1, -0.05) is 37.8 Å². The number of hydrogen-bond donors (Lipinski definition) is 0. The quantitative estimate of drug-likeness (QED) is 0.658. The highest BCUT2D eigenvalue weighted by atomic mass is 15.4. The van der Waals surface area contributed by atoms with E-state index in [9.17, 15) is 0 Å². The molecule has 0 saturated heterocycles. The van der Waals surface area contributed by atoms with Crippen LogP contribution in [0.1, 0.15) is 32.6 Å². The molecule has 0 radical (unpaired) electrons. The van der Waals surface area contributed by atoms with Gasteiger partial charge in [-0.15, -0.1) is 0 Å². The molecule has 1 aliphatic carbocycles. The molecule has 0 bridgehead atoms. The monoisotopic (exact) mass is 218 g/mol. The first-order valence-electron chi connectivity index (χ1n) is 6.26. The van der Waals surface area contributed by atoms with Crippen LogP contribution in [0, 0.1) is 0 Å². The van der Waals surface area contributed by atoms with Crippen LogP contribution in [0.2, 0.25) is 0 Å². The molecular formula is C14H22N2. The van der Waals surface area contributed by atoms with Crippen molar-refractivity contribution in [1.29, 1.82) is 0 Å². The highest BCUT2D eigenvalue weighted by Gasteiger charge is 2.26. The van der Waals surface area contributed by atoms with E-state index >= 15 is 0 Å². The molecule has 2 heteroatoms. The minimum absolute atomic E-state index is 0.474. The summed E-state index contributed by atoms with van der Waals surface area (Å²) in [5.41, 5.74) is 2.65. The maximum Gasteiger partial charge on any atom is 0.0982 e. The number of benzene rings is 1. The third kappa shape index (κ3) is 2.01. The zero-order valence-electron chi connectivity index (χ0n) is 10.6. The lowest BCUT2D eigenvalue weighted by Gasteiger charge is -2.23. The van der Waals surface area contributed by atoms with Crippen molar-refractivity contribution in [3.8, 4) is 0 Å². The molecule has 16 heavy (non-hydrogen) atoms. The molecule has 1 fully saturated rings. The molecule has 0 N–H and O–H groups in total. The Morgan fingerprint density at radius 1 is 0.875 bits per heavy atom. The summed E-state index contributed by atoms with van der Waals surface area (Å²) < 4.78 is 0. The van der Waals surface area contributed by atoms with Gasteiger partial charge in [0.05, 0.1) is 17.5 Å². The fraction of sp³-hybridized carbons (Fsp3) is 0.571. The Kier molecular flexibility index (Phi) is 3.37. The second-order valence-electron chi connectivity index (χ2n) is 4.76. The summed E-state index contributed by atoms with van der Waals surface area (Å²) >= 11 is 0. The van der Waals surface area contributed by atoms with Crippen molar-refractivity contribution in [2.24, 2.45) is 0 Å². The van der Waals surface area contributed by atoms with Crippen molar-refractivity contribution < 1.29 is 0 Å². The van der Waals surface area contributed by atoms with Crippen molar-refractivity contribution in [2.75, 3.05) is 23.9 Å². The lowest BCUT2D eigenvalue weighted by molar-refractivity contribution is 0.504. The van der Waals surface area contributed by atoms with Crippen molar-refractivity contribution in [1.82, 2.24) is 0 Å². The van der Waals surface area contributed by atoms with Crippen LogP contribution >= 0.6 is 0 Å². The minimum Gasteiger partial charge on any atom is -0.353 e. The van der Waals surface area contributed by atoms with Gasteiger partial charge in [0.1, 0.15) is 0 Å². The SMILES string of the molecule is C1CCC1.CC1N(C)c2ccccc2N1C. The topological polar surface area (TPSA) is 6.48 Å². The summed E-state index contributed by atoms with van der Waals surface area (Å²) in [6.45, 7) is 2.21. The van der Waals surface area contributed by atoms with E-state index < -0.39 is 0 Å². The average Bonchev–Trinajstić information content (AvgIpc) is 2.43. The normalized spacial score (nSPS) is 18.7. The zero-order valence-corrected chi connectivity index (χ0v) is 10.6. The number of fused-ring (bicyclic) bond motifs is 1. The molecule has 3 rings (SSSR count). The van der Waals surface area contributed by atoms with E-state index in [4.69, 9.17) is 0 Å². The Bertz CT molecular complexity index is 311. The number of hydrogen-bond acceptors (Lipinski definition) is 2. The molecule has 2 nitrogen and oxygen atoms in total. The molecule has 1 aromatic rings. The van der Waals surface area contributed by atoms with Crippen molar-refractivity contribution in [3.05, 3.63) is 24.3 Å². The van der Waals surface area contributed by atoms with Gasteiger partial charge in [-0.2, -0.15) is 0 Å². The first-order chi connectivity index (χ1) is 7.72. The predicted molar refractivity (Wildman–Crippen MR) is 71.2 cm³/mol. The van der Waals surface area contributed by atoms with E-state index in [0.717, 1.165) is 0 Å². The van der Waals surface area contributed by atoms with Crippen molar-refractivity contribution >= 4 is 11.4 Å². The van der Waals surface area contributed by atoms with Crippen molar-refractivity contribution in [3.63, 3.8) is 0 Å². The van der Waals surface area contributed by atoms with Gasteiger partial charge in [-0.25, -0.2) is 0 Å². The fourth-order valence-corrected chi connectivity index (χ4v) is 1.97. The van der Waals surface area contributed by atoms with E-state index in [1.807, 2.05) is 0 Å². The summed E-state index contributed by atoms with van der Waals surface area (Å²) in [6.07, 6.45) is 6.47. The molecule has 1 saturated carbocycles. The van der Waals surface area contributed by atoms with Gasteiger partial charge >= 0.3 is 0 Å². The molecular weight excluding hydrogens is 196 g/mol. The fourth-order valence-electron chi connectivity index (χ4n) is 1.97. The van der Waals surface area contributed by atoms with E-state index in [2.05, 4.69) is 55.1 Å². The molecule has 0 aromatic heterocycles. The van der Waals surface area contributed by atoms with Gasteiger partial charge in [0.25, 0.3) is 0 Å². The smallest absolute Gasteiger partial charge is 0.0982 e. The second kappa shape index (κ2) is 4.77. The summed E-state index contributed by atoms with van der Waals surface area (Å²) in [5, 5.41) is 0. The molecule has 1 heterocycles. The Labute approximate surface area is 98.9 Å². The van der Waals surface area contributed by atoms with Crippen LogP contribution in [0.5, 0.6) is 0 Å². The van der Waals surface area contributed by atoms with Crippen LogP contribution in [0.4, 0.5) is 11.4 Å². The van der Waals surface area contributed by atoms with Crippen LogP contribution in [-0.2, 0) is 0 Å². The van der Waals surface area contributed by atoms with Crippen LogP contribution < -0.4 is 9.80 Å². The predicted octanol–water partition coefficient (Wildman–Crippen LogP) is 3.48. The highest BCUT2D eigenvalue weighted by Crippen LogP contribution is 2.36. The van der Waals surface area contributed by atoms with Crippen molar-refractivity contribution in [2.45, 2.75) is 38.8 Å². The maximum atomic E-state index is 2.29. The van der Waals surface area contributed by atoms with E-state index in [0.29, 0.717) is 6.17 Å².